The Morgan fingerprint density at radius 3 is 2.86 bits per heavy atom. The molecule has 3 aromatic rings. The van der Waals surface area contributed by atoms with E-state index in [2.05, 4.69) is 32.3 Å². The van der Waals surface area contributed by atoms with Gasteiger partial charge in [-0.3, -0.25) is 24.6 Å². The number of fused-ring (bicyclic) bond motifs is 2. The molecule has 9 heteroatoms. The van der Waals surface area contributed by atoms with E-state index in [1.54, 1.807) is 11.0 Å². The number of hydrogen-bond acceptors (Lipinski definition) is 7. The lowest BCUT2D eigenvalue weighted by molar-refractivity contribution is -0.136. The van der Waals surface area contributed by atoms with Crippen LogP contribution in [-0.2, 0) is 22.7 Å². The number of piperidine rings is 1. The maximum absolute atomic E-state index is 12.9. The van der Waals surface area contributed by atoms with Gasteiger partial charge in [-0.25, -0.2) is 9.97 Å². The minimum Gasteiger partial charge on any atom is -0.489 e. The van der Waals surface area contributed by atoms with Crippen LogP contribution < -0.4 is 10.1 Å². The second-order valence-corrected chi connectivity index (χ2v) is 9.79. The Balaban J connectivity index is 1.08. The van der Waals surface area contributed by atoms with Gasteiger partial charge in [-0.1, -0.05) is 6.07 Å². The lowest BCUT2D eigenvalue weighted by atomic mass is 10.0. The summed E-state index contributed by atoms with van der Waals surface area (Å²) in [4.78, 5) is 49.3. The van der Waals surface area contributed by atoms with Crippen LogP contribution in [0, 0.1) is 6.92 Å². The summed E-state index contributed by atoms with van der Waals surface area (Å²) in [6.45, 7) is 4.84. The molecule has 2 aromatic carbocycles. The minimum absolute atomic E-state index is 0.0674. The number of aromatic nitrogens is 2. The van der Waals surface area contributed by atoms with Crippen LogP contribution in [0.5, 0.6) is 5.75 Å². The zero-order chi connectivity index (χ0) is 24.8. The Kier molecular flexibility index (Phi) is 5.64. The van der Waals surface area contributed by atoms with Crippen molar-refractivity contribution in [3.8, 4) is 5.75 Å². The average Bonchev–Trinajstić information content (AvgIpc) is 3.42. The molecule has 36 heavy (non-hydrogen) atoms. The van der Waals surface area contributed by atoms with Gasteiger partial charge in [0.25, 0.3) is 5.91 Å². The minimum atomic E-state index is -0.610. The molecule has 0 radical (unpaired) electrons. The van der Waals surface area contributed by atoms with Gasteiger partial charge in [-0.2, -0.15) is 0 Å². The number of benzene rings is 2. The van der Waals surface area contributed by atoms with Crippen LogP contribution in [0.15, 0.2) is 42.6 Å². The number of amides is 3. The van der Waals surface area contributed by atoms with Gasteiger partial charge in [-0.15, -0.1) is 0 Å². The molecule has 3 aliphatic heterocycles. The van der Waals surface area contributed by atoms with Gasteiger partial charge in [0.1, 0.15) is 23.7 Å². The zero-order valence-electron chi connectivity index (χ0n) is 20.1. The molecule has 1 unspecified atom stereocenters. The van der Waals surface area contributed by atoms with Crippen LogP contribution in [-0.4, -0.2) is 62.7 Å². The quantitative estimate of drug-likeness (QED) is 0.553. The number of nitrogens with one attached hydrogen (secondary N) is 1. The third-order valence-corrected chi connectivity index (χ3v) is 7.20. The molecule has 2 fully saturated rings. The average molecular weight is 486 g/mol. The molecule has 0 bridgehead atoms. The zero-order valence-corrected chi connectivity index (χ0v) is 20.1. The lowest BCUT2D eigenvalue weighted by Crippen LogP contribution is -2.52. The van der Waals surface area contributed by atoms with Crippen molar-refractivity contribution in [2.24, 2.45) is 0 Å². The number of carbonyl (C=O) groups is 3. The summed E-state index contributed by atoms with van der Waals surface area (Å²) in [5, 5.41) is 3.38. The summed E-state index contributed by atoms with van der Waals surface area (Å²) in [6.07, 6.45) is 3.47. The summed E-state index contributed by atoms with van der Waals surface area (Å²) in [5.74, 6) is 0.649. The van der Waals surface area contributed by atoms with Crippen molar-refractivity contribution < 1.29 is 19.1 Å². The van der Waals surface area contributed by atoms with E-state index in [0.717, 1.165) is 54.1 Å². The topological polar surface area (TPSA) is 105 Å². The fourth-order valence-electron chi connectivity index (χ4n) is 5.39. The number of likely N-dealkylation sites (tertiary alicyclic amines) is 1. The molecular weight excluding hydrogens is 458 g/mol. The Bertz CT molecular complexity index is 1390. The fraction of sp³-hybridized carbons (Fsp3) is 0.370. The van der Waals surface area contributed by atoms with Crippen LogP contribution in [0.1, 0.15) is 46.6 Å². The molecule has 4 heterocycles. The number of hydrogen-bond donors (Lipinski definition) is 1. The molecule has 3 amide bonds. The predicted molar refractivity (Wildman–Crippen MR) is 131 cm³/mol. The Labute approximate surface area is 208 Å². The number of imide groups is 1. The summed E-state index contributed by atoms with van der Waals surface area (Å²) < 4.78 is 6.29. The highest BCUT2D eigenvalue weighted by Crippen LogP contribution is 2.31. The fourth-order valence-corrected chi connectivity index (χ4v) is 5.39. The molecule has 2 atom stereocenters. The SMILES string of the molecule is Cc1ncc2cc(CN3CC[C@H](Oc4ccc5c(c4)CN(C4CCC(=O)NC4=O)C5=O)C3)ccc2n1. The number of ether oxygens (including phenoxy) is 1. The molecular formula is C27H27N5O4. The maximum Gasteiger partial charge on any atom is 0.255 e. The highest BCUT2D eigenvalue weighted by atomic mass is 16.5. The Morgan fingerprint density at radius 2 is 2.00 bits per heavy atom. The van der Waals surface area contributed by atoms with Gasteiger partial charge >= 0.3 is 0 Å². The first kappa shape index (κ1) is 22.6. The van der Waals surface area contributed by atoms with Crippen LogP contribution in [0.3, 0.4) is 0 Å². The van der Waals surface area contributed by atoms with Crippen LogP contribution in [0.25, 0.3) is 10.9 Å². The van der Waals surface area contributed by atoms with E-state index < -0.39 is 11.9 Å². The molecule has 0 saturated carbocycles. The molecule has 3 aliphatic rings. The van der Waals surface area contributed by atoms with Crippen molar-refractivity contribution in [1.29, 1.82) is 0 Å². The molecule has 1 aromatic heterocycles. The number of aryl methyl sites for hydroxylation is 1. The molecule has 0 spiro atoms. The van der Waals surface area contributed by atoms with Gasteiger partial charge in [0.15, 0.2) is 0 Å². The third kappa shape index (κ3) is 4.30. The van der Waals surface area contributed by atoms with E-state index in [-0.39, 0.29) is 24.3 Å². The van der Waals surface area contributed by atoms with E-state index in [1.807, 2.05) is 31.3 Å². The highest BCUT2D eigenvalue weighted by molar-refractivity contribution is 6.05. The van der Waals surface area contributed by atoms with E-state index >= 15 is 0 Å². The summed E-state index contributed by atoms with van der Waals surface area (Å²) >= 11 is 0. The summed E-state index contributed by atoms with van der Waals surface area (Å²) in [5.41, 5.74) is 3.63. The molecule has 2 saturated heterocycles. The van der Waals surface area contributed by atoms with Crippen molar-refractivity contribution in [2.75, 3.05) is 13.1 Å². The van der Waals surface area contributed by atoms with Gasteiger partial charge in [-0.05, 0) is 61.2 Å². The van der Waals surface area contributed by atoms with E-state index in [4.69, 9.17) is 4.74 Å². The first-order chi connectivity index (χ1) is 17.4. The first-order valence-electron chi connectivity index (χ1n) is 12.3. The van der Waals surface area contributed by atoms with Crippen molar-refractivity contribution in [3.05, 3.63) is 65.1 Å². The van der Waals surface area contributed by atoms with E-state index in [9.17, 15) is 14.4 Å². The first-order valence-corrected chi connectivity index (χ1v) is 12.3. The molecule has 6 rings (SSSR count). The second kappa shape index (κ2) is 8.98. The normalized spacial score (nSPS) is 22.2. The maximum atomic E-state index is 12.9. The molecule has 9 nitrogen and oxygen atoms in total. The smallest absolute Gasteiger partial charge is 0.255 e. The molecule has 0 aliphatic carbocycles. The van der Waals surface area contributed by atoms with Gasteiger partial charge in [0.05, 0.1) is 5.52 Å². The highest BCUT2D eigenvalue weighted by Gasteiger charge is 2.39. The van der Waals surface area contributed by atoms with Crippen molar-refractivity contribution in [3.63, 3.8) is 0 Å². The van der Waals surface area contributed by atoms with Crippen molar-refractivity contribution >= 4 is 28.6 Å². The number of carbonyl (C=O) groups excluding carboxylic acids is 3. The third-order valence-electron chi connectivity index (χ3n) is 7.20. The van der Waals surface area contributed by atoms with Crippen molar-refractivity contribution in [2.45, 2.75) is 51.4 Å². The van der Waals surface area contributed by atoms with Gasteiger partial charge in [0.2, 0.25) is 11.8 Å². The molecule has 184 valence electrons. The van der Waals surface area contributed by atoms with Crippen LogP contribution in [0.2, 0.25) is 0 Å². The number of rotatable bonds is 5. The van der Waals surface area contributed by atoms with E-state index in [1.165, 1.54) is 5.56 Å². The largest absolute Gasteiger partial charge is 0.489 e. The van der Waals surface area contributed by atoms with Crippen molar-refractivity contribution in [1.82, 2.24) is 25.1 Å². The van der Waals surface area contributed by atoms with Crippen LogP contribution >= 0.6 is 0 Å². The number of nitrogens with zero attached hydrogens (tertiary/aromatic N) is 4. The van der Waals surface area contributed by atoms with Gasteiger partial charge in [0, 0.05) is 49.7 Å². The summed E-state index contributed by atoms with van der Waals surface area (Å²) in [6, 6.07) is 11.2. The Morgan fingerprint density at radius 1 is 1.11 bits per heavy atom. The van der Waals surface area contributed by atoms with Gasteiger partial charge < -0.3 is 9.64 Å². The molecule has 1 N–H and O–H groups in total. The monoisotopic (exact) mass is 485 g/mol. The van der Waals surface area contributed by atoms with E-state index in [0.29, 0.717) is 18.5 Å². The predicted octanol–water partition coefficient (Wildman–Crippen LogP) is 2.35. The second-order valence-electron chi connectivity index (χ2n) is 9.79. The van der Waals surface area contributed by atoms with Crippen LogP contribution in [0.4, 0.5) is 0 Å². The summed E-state index contributed by atoms with van der Waals surface area (Å²) in [7, 11) is 0. The Hall–Kier alpha value is -3.85. The lowest BCUT2D eigenvalue weighted by Gasteiger charge is -2.29. The standard InChI is InChI=1S/C27H27N5O4/c1-16-28-12-18-10-17(2-5-23(18)29-16)13-31-9-8-21(15-31)36-20-3-4-22-19(11-20)14-32(27(22)35)24-6-7-25(33)30-26(24)34/h2-5,10-12,21,24H,6-9,13-15H2,1H3,(H,30,33,34)/t21-,24?/m0/s1.